The van der Waals surface area contributed by atoms with Gasteiger partial charge >= 0.3 is 0 Å². The smallest absolute Gasteiger partial charge is 0.247 e. The Morgan fingerprint density at radius 3 is 2.52 bits per heavy atom. The quantitative estimate of drug-likeness (QED) is 0.717. The molecular formula is C19H22N6. The molecule has 2 heterocycles. The number of hydrogen-bond acceptors (Lipinski definition) is 6. The number of benzene rings is 1. The van der Waals surface area contributed by atoms with Crippen molar-refractivity contribution < 1.29 is 0 Å². The van der Waals surface area contributed by atoms with E-state index in [0.29, 0.717) is 12.5 Å². The van der Waals surface area contributed by atoms with Crippen LogP contribution >= 0.6 is 0 Å². The van der Waals surface area contributed by atoms with Crippen molar-refractivity contribution in [3.8, 4) is 0 Å². The molecule has 0 atom stereocenters. The summed E-state index contributed by atoms with van der Waals surface area (Å²) in [5, 5.41) is 11.5. The van der Waals surface area contributed by atoms with E-state index in [9.17, 15) is 0 Å². The summed E-state index contributed by atoms with van der Waals surface area (Å²) in [7, 11) is 1.97. The molecule has 6 heteroatoms. The second-order valence-corrected chi connectivity index (χ2v) is 6.01. The fourth-order valence-corrected chi connectivity index (χ4v) is 2.39. The van der Waals surface area contributed by atoms with E-state index in [-0.39, 0.29) is 0 Å². The Balaban J connectivity index is 1.57. The van der Waals surface area contributed by atoms with E-state index in [1.54, 1.807) is 6.20 Å². The lowest BCUT2D eigenvalue weighted by molar-refractivity contribution is 0.810. The molecule has 25 heavy (non-hydrogen) atoms. The van der Waals surface area contributed by atoms with Gasteiger partial charge in [-0.1, -0.05) is 29.8 Å². The van der Waals surface area contributed by atoms with Crippen LogP contribution in [0.25, 0.3) is 0 Å². The van der Waals surface area contributed by atoms with Crippen molar-refractivity contribution in [2.45, 2.75) is 19.9 Å². The van der Waals surface area contributed by atoms with E-state index in [1.807, 2.05) is 36.5 Å². The number of hydrogen-bond donors (Lipinski definition) is 1. The Kier molecular flexibility index (Phi) is 5.51. The third-order valence-corrected chi connectivity index (χ3v) is 3.97. The van der Waals surface area contributed by atoms with Crippen LogP contribution in [0.5, 0.6) is 0 Å². The van der Waals surface area contributed by atoms with Gasteiger partial charge in [-0.15, -0.1) is 5.10 Å². The maximum absolute atomic E-state index is 4.55. The van der Waals surface area contributed by atoms with Crippen LogP contribution in [0.15, 0.2) is 55.0 Å². The average Bonchev–Trinajstić information content (AvgIpc) is 2.67. The summed E-state index contributed by atoms with van der Waals surface area (Å²) in [5.74, 6) is 1.34. The third-order valence-electron chi connectivity index (χ3n) is 3.97. The average molecular weight is 334 g/mol. The summed E-state index contributed by atoms with van der Waals surface area (Å²) in [6, 6.07) is 12.5. The number of nitrogens with one attached hydrogen (secondary N) is 1. The fourth-order valence-electron chi connectivity index (χ4n) is 2.39. The minimum absolute atomic E-state index is 0.614. The summed E-state index contributed by atoms with van der Waals surface area (Å²) < 4.78 is 0. The van der Waals surface area contributed by atoms with Crippen LogP contribution in [0.3, 0.4) is 0 Å². The van der Waals surface area contributed by atoms with E-state index in [0.717, 1.165) is 18.8 Å². The SMILES string of the molecule is Cc1ccc(CNc2cnnc(N(C)CCc3ccncc3)n2)cc1. The zero-order valence-corrected chi connectivity index (χ0v) is 14.6. The molecule has 0 radical (unpaired) electrons. The molecule has 2 aromatic heterocycles. The number of pyridine rings is 1. The summed E-state index contributed by atoms with van der Waals surface area (Å²) in [6.45, 7) is 3.60. The lowest BCUT2D eigenvalue weighted by Gasteiger charge is -2.17. The molecule has 0 aliphatic heterocycles. The molecule has 0 saturated carbocycles. The van der Waals surface area contributed by atoms with Crippen molar-refractivity contribution in [2.75, 3.05) is 23.8 Å². The standard InChI is InChI=1S/C19H22N6/c1-15-3-5-17(6-4-15)13-21-18-14-22-24-19(23-18)25(2)12-9-16-7-10-20-11-8-16/h3-8,10-11,14H,9,12-13H2,1-2H3,(H,21,23,24). The molecule has 0 spiro atoms. The monoisotopic (exact) mass is 334 g/mol. The van der Waals surface area contributed by atoms with E-state index >= 15 is 0 Å². The lowest BCUT2D eigenvalue weighted by atomic mass is 10.1. The highest BCUT2D eigenvalue weighted by molar-refractivity contribution is 5.39. The molecular weight excluding hydrogens is 312 g/mol. The maximum Gasteiger partial charge on any atom is 0.247 e. The van der Waals surface area contributed by atoms with Crippen molar-refractivity contribution in [1.82, 2.24) is 20.2 Å². The fraction of sp³-hybridized carbons (Fsp3) is 0.263. The van der Waals surface area contributed by atoms with Crippen molar-refractivity contribution in [3.63, 3.8) is 0 Å². The molecule has 0 fully saturated rings. The van der Waals surface area contributed by atoms with Crippen molar-refractivity contribution in [1.29, 1.82) is 0 Å². The number of anilines is 2. The van der Waals surface area contributed by atoms with Crippen molar-refractivity contribution in [2.24, 2.45) is 0 Å². The van der Waals surface area contributed by atoms with Gasteiger partial charge in [-0.25, -0.2) is 0 Å². The van der Waals surface area contributed by atoms with Gasteiger partial charge in [0.05, 0.1) is 6.20 Å². The number of rotatable bonds is 7. The predicted molar refractivity (Wildman–Crippen MR) is 99.5 cm³/mol. The summed E-state index contributed by atoms with van der Waals surface area (Å²) in [5.41, 5.74) is 3.70. The maximum atomic E-state index is 4.55. The van der Waals surface area contributed by atoms with Gasteiger partial charge in [-0.2, -0.15) is 10.1 Å². The molecule has 0 unspecified atom stereocenters. The van der Waals surface area contributed by atoms with Crippen molar-refractivity contribution in [3.05, 3.63) is 71.7 Å². The summed E-state index contributed by atoms with van der Waals surface area (Å²) in [4.78, 5) is 10.6. The molecule has 1 aromatic carbocycles. The Morgan fingerprint density at radius 2 is 1.76 bits per heavy atom. The number of likely N-dealkylation sites (N-methyl/N-ethyl adjacent to an activating group) is 1. The Hall–Kier alpha value is -3.02. The summed E-state index contributed by atoms with van der Waals surface area (Å²) >= 11 is 0. The first-order valence-corrected chi connectivity index (χ1v) is 8.30. The highest BCUT2D eigenvalue weighted by atomic mass is 15.3. The van der Waals surface area contributed by atoms with Crippen molar-refractivity contribution >= 4 is 11.8 Å². The highest BCUT2D eigenvalue weighted by Crippen LogP contribution is 2.11. The highest BCUT2D eigenvalue weighted by Gasteiger charge is 2.07. The first kappa shape index (κ1) is 16.8. The van der Waals surface area contributed by atoms with Crippen LogP contribution in [-0.4, -0.2) is 33.8 Å². The molecule has 0 bridgehead atoms. The predicted octanol–water partition coefficient (Wildman–Crippen LogP) is 2.87. The van der Waals surface area contributed by atoms with Crippen LogP contribution < -0.4 is 10.2 Å². The molecule has 3 rings (SSSR count). The van der Waals surface area contributed by atoms with Gasteiger partial charge in [-0.3, -0.25) is 4.98 Å². The first-order valence-electron chi connectivity index (χ1n) is 8.30. The van der Waals surface area contributed by atoms with Gasteiger partial charge in [0, 0.05) is 32.5 Å². The normalized spacial score (nSPS) is 10.5. The minimum atomic E-state index is 0.614. The minimum Gasteiger partial charge on any atom is -0.365 e. The zero-order chi connectivity index (χ0) is 17.5. The van der Waals surface area contributed by atoms with Crippen LogP contribution in [0, 0.1) is 6.92 Å². The molecule has 3 aromatic rings. The number of aromatic nitrogens is 4. The molecule has 0 saturated heterocycles. The van der Waals surface area contributed by atoms with Gasteiger partial charge in [0.25, 0.3) is 0 Å². The summed E-state index contributed by atoms with van der Waals surface area (Å²) in [6.07, 6.45) is 6.17. The van der Waals surface area contributed by atoms with Gasteiger partial charge in [0.15, 0.2) is 5.82 Å². The number of aryl methyl sites for hydroxylation is 1. The van der Waals surface area contributed by atoms with Gasteiger partial charge < -0.3 is 10.2 Å². The molecule has 0 amide bonds. The second kappa shape index (κ2) is 8.19. The topological polar surface area (TPSA) is 66.8 Å². The molecule has 0 aliphatic carbocycles. The Morgan fingerprint density at radius 1 is 1.00 bits per heavy atom. The Labute approximate surface area is 148 Å². The molecule has 1 N–H and O–H groups in total. The molecule has 128 valence electrons. The van der Waals surface area contributed by atoms with E-state index in [2.05, 4.69) is 56.7 Å². The van der Waals surface area contributed by atoms with Crippen LogP contribution in [-0.2, 0) is 13.0 Å². The van der Waals surface area contributed by atoms with Gasteiger partial charge in [0.2, 0.25) is 5.95 Å². The lowest BCUT2D eigenvalue weighted by Crippen LogP contribution is -2.23. The van der Waals surface area contributed by atoms with E-state index in [1.165, 1.54) is 16.7 Å². The Bertz CT molecular complexity index is 789. The van der Waals surface area contributed by atoms with Crippen LogP contribution in [0.4, 0.5) is 11.8 Å². The third kappa shape index (κ3) is 4.97. The number of nitrogens with zero attached hydrogens (tertiary/aromatic N) is 5. The molecule has 0 aliphatic rings. The van der Waals surface area contributed by atoms with Crippen LogP contribution in [0.2, 0.25) is 0 Å². The molecule has 6 nitrogen and oxygen atoms in total. The second-order valence-electron chi connectivity index (χ2n) is 6.01. The van der Waals surface area contributed by atoms with E-state index < -0.39 is 0 Å². The zero-order valence-electron chi connectivity index (χ0n) is 14.6. The largest absolute Gasteiger partial charge is 0.365 e. The first-order chi connectivity index (χ1) is 12.2. The van der Waals surface area contributed by atoms with E-state index in [4.69, 9.17) is 0 Å². The van der Waals surface area contributed by atoms with Crippen LogP contribution in [0.1, 0.15) is 16.7 Å². The van der Waals surface area contributed by atoms with Gasteiger partial charge in [-0.05, 0) is 36.6 Å². The van der Waals surface area contributed by atoms with Gasteiger partial charge in [0.1, 0.15) is 0 Å².